The van der Waals surface area contributed by atoms with Crippen molar-refractivity contribution in [1.29, 1.82) is 0 Å². The Kier molecular flexibility index (Phi) is 4.11. The molecular weight excluding hydrogens is 316 g/mol. The van der Waals surface area contributed by atoms with Crippen LogP contribution < -0.4 is 5.73 Å². The highest BCUT2D eigenvalue weighted by Crippen LogP contribution is 2.30. The maximum Gasteiger partial charge on any atom is 0.232 e. The van der Waals surface area contributed by atoms with Gasteiger partial charge in [0.25, 0.3) is 0 Å². The van der Waals surface area contributed by atoms with Crippen molar-refractivity contribution in [3.8, 4) is 0 Å². The molecule has 1 aromatic rings. The third-order valence-electron chi connectivity index (χ3n) is 3.37. The van der Waals surface area contributed by atoms with Crippen molar-refractivity contribution in [1.82, 2.24) is 4.90 Å². The van der Waals surface area contributed by atoms with Gasteiger partial charge in [0.2, 0.25) is 5.91 Å². The molecule has 18 heavy (non-hydrogen) atoms. The molecule has 0 spiro atoms. The molecule has 0 aliphatic carbocycles. The number of carbonyl (C=O) groups excluding carboxylic acids is 1. The van der Waals surface area contributed by atoms with Gasteiger partial charge in [-0.2, -0.15) is 0 Å². The van der Waals surface area contributed by atoms with E-state index in [9.17, 15) is 4.79 Å². The van der Waals surface area contributed by atoms with E-state index in [2.05, 4.69) is 15.9 Å². The summed E-state index contributed by atoms with van der Waals surface area (Å²) in [6, 6.07) is 1.81. The smallest absolute Gasteiger partial charge is 0.232 e. The first-order chi connectivity index (χ1) is 8.43. The molecule has 0 aromatic carbocycles. The van der Waals surface area contributed by atoms with Gasteiger partial charge in [0, 0.05) is 27.8 Å². The van der Waals surface area contributed by atoms with Crippen molar-refractivity contribution >= 4 is 33.2 Å². The monoisotopic (exact) mass is 332 g/mol. The maximum absolute atomic E-state index is 12.4. The van der Waals surface area contributed by atoms with Crippen LogP contribution in [-0.4, -0.2) is 37.1 Å². The minimum Gasteiger partial charge on any atom is -0.379 e. The van der Waals surface area contributed by atoms with E-state index in [1.54, 1.807) is 16.2 Å². The second kappa shape index (κ2) is 5.28. The van der Waals surface area contributed by atoms with Gasteiger partial charge in [-0.05, 0) is 28.9 Å². The molecule has 2 rings (SSSR count). The van der Waals surface area contributed by atoms with E-state index < -0.39 is 5.41 Å². The number of halogens is 1. The minimum absolute atomic E-state index is 0.0528. The molecule has 1 aliphatic heterocycles. The summed E-state index contributed by atoms with van der Waals surface area (Å²) in [5, 5.41) is 2.01. The highest BCUT2D eigenvalue weighted by atomic mass is 79.9. The van der Waals surface area contributed by atoms with Crippen molar-refractivity contribution in [2.45, 2.75) is 19.5 Å². The normalized spacial score (nSPS) is 27.4. The van der Waals surface area contributed by atoms with Gasteiger partial charge in [-0.1, -0.05) is 0 Å². The summed E-state index contributed by atoms with van der Waals surface area (Å²) < 4.78 is 6.37. The quantitative estimate of drug-likeness (QED) is 0.918. The Hall–Kier alpha value is -0.430. The first-order valence-corrected chi connectivity index (χ1v) is 7.42. The molecule has 2 unspecified atom stereocenters. The van der Waals surface area contributed by atoms with Gasteiger partial charge in [0.15, 0.2) is 0 Å². The zero-order chi connectivity index (χ0) is 13.3. The summed E-state index contributed by atoms with van der Waals surface area (Å²) in [7, 11) is 1.81. The van der Waals surface area contributed by atoms with Crippen LogP contribution in [0.2, 0.25) is 0 Å². The van der Waals surface area contributed by atoms with Crippen LogP contribution in [0, 0.1) is 5.41 Å². The minimum atomic E-state index is -0.594. The third kappa shape index (κ3) is 2.61. The molecule has 100 valence electrons. The van der Waals surface area contributed by atoms with E-state index >= 15 is 0 Å². The number of carbonyl (C=O) groups is 1. The van der Waals surface area contributed by atoms with Gasteiger partial charge in [0.05, 0.1) is 25.2 Å². The number of nitrogens with zero attached hydrogens (tertiary/aromatic N) is 1. The topological polar surface area (TPSA) is 55.6 Å². The van der Waals surface area contributed by atoms with Crippen LogP contribution in [0.1, 0.15) is 11.8 Å². The van der Waals surface area contributed by atoms with Crippen LogP contribution in [0.4, 0.5) is 0 Å². The molecule has 1 amide bonds. The van der Waals surface area contributed by atoms with Crippen molar-refractivity contribution < 1.29 is 9.53 Å². The van der Waals surface area contributed by atoms with Gasteiger partial charge in [-0.15, -0.1) is 11.3 Å². The van der Waals surface area contributed by atoms with Gasteiger partial charge in [0.1, 0.15) is 0 Å². The van der Waals surface area contributed by atoms with Crippen LogP contribution >= 0.6 is 27.3 Å². The molecular formula is C12H17BrN2O2S. The zero-order valence-corrected chi connectivity index (χ0v) is 12.9. The Morgan fingerprint density at radius 2 is 2.50 bits per heavy atom. The highest BCUT2D eigenvalue weighted by molar-refractivity contribution is 9.10. The molecule has 2 N–H and O–H groups in total. The maximum atomic E-state index is 12.4. The molecule has 6 heteroatoms. The van der Waals surface area contributed by atoms with E-state index in [-0.39, 0.29) is 11.9 Å². The van der Waals surface area contributed by atoms with E-state index in [4.69, 9.17) is 10.5 Å². The van der Waals surface area contributed by atoms with Crippen LogP contribution in [0.15, 0.2) is 15.9 Å². The Balaban J connectivity index is 2.05. The molecule has 2 atom stereocenters. The number of rotatable bonds is 3. The molecule has 1 aromatic heterocycles. The molecule has 0 bridgehead atoms. The fourth-order valence-electron chi connectivity index (χ4n) is 2.09. The molecule has 1 saturated heterocycles. The first kappa shape index (κ1) is 14.0. The summed E-state index contributed by atoms with van der Waals surface area (Å²) in [6.07, 6.45) is 0. The Morgan fingerprint density at radius 1 is 1.78 bits per heavy atom. The van der Waals surface area contributed by atoms with Crippen LogP contribution in [0.5, 0.6) is 0 Å². The molecule has 2 heterocycles. The lowest BCUT2D eigenvalue weighted by Gasteiger charge is -2.30. The van der Waals surface area contributed by atoms with E-state index in [1.165, 1.54) is 0 Å². The van der Waals surface area contributed by atoms with Crippen molar-refractivity contribution in [3.63, 3.8) is 0 Å². The Bertz CT molecular complexity index is 451. The summed E-state index contributed by atoms with van der Waals surface area (Å²) in [5.74, 6) is 0.0528. The Labute approximate surface area is 119 Å². The number of ether oxygens (including phenoxy) is 1. The standard InChI is InChI=1S/C12H17BrN2O2S/c1-12(7-17-5-10(12)14)11(16)15(2)4-9-3-8(13)6-18-9/h3,6,10H,4-5,7,14H2,1-2H3. The average Bonchev–Trinajstić information content (AvgIpc) is 2.86. The van der Waals surface area contributed by atoms with E-state index in [1.807, 2.05) is 25.4 Å². The fraction of sp³-hybridized carbons (Fsp3) is 0.583. The average molecular weight is 333 g/mol. The van der Waals surface area contributed by atoms with Crippen molar-refractivity contribution in [2.75, 3.05) is 20.3 Å². The predicted octanol–water partition coefficient (Wildman–Crippen LogP) is 1.83. The number of nitrogens with two attached hydrogens (primary N) is 1. The zero-order valence-electron chi connectivity index (χ0n) is 10.5. The van der Waals surface area contributed by atoms with E-state index in [0.717, 1.165) is 9.35 Å². The van der Waals surface area contributed by atoms with Gasteiger partial charge < -0.3 is 15.4 Å². The lowest BCUT2D eigenvalue weighted by molar-refractivity contribution is -0.140. The number of thiophene rings is 1. The molecule has 1 fully saturated rings. The second-order valence-corrected chi connectivity index (χ2v) is 6.84. The Morgan fingerprint density at radius 3 is 3.00 bits per heavy atom. The lowest BCUT2D eigenvalue weighted by atomic mass is 9.84. The molecule has 1 aliphatic rings. The van der Waals surface area contributed by atoms with Crippen molar-refractivity contribution in [3.05, 3.63) is 20.8 Å². The summed E-state index contributed by atoms with van der Waals surface area (Å²) >= 11 is 5.05. The molecule has 0 saturated carbocycles. The lowest BCUT2D eigenvalue weighted by Crippen LogP contribution is -2.50. The number of hydrogen-bond acceptors (Lipinski definition) is 4. The highest BCUT2D eigenvalue weighted by Gasteiger charge is 2.45. The third-order valence-corrected chi connectivity index (χ3v) is 5.05. The van der Waals surface area contributed by atoms with Gasteiger partial charge in [-0.25, -0.2) is 0 Å². The second-order valence-electron chi connectivity index (χ2n) is 4.93. The predicted molar refractivity (Wildman–Crippen MR) is 75.4 cm³/mol. The largest absolute Gasteiger partial charge is 0.379 e. The van der Waals surface area contributed by atoms with Crippen molar-refractivity contribution in [2.24, 2.45) is 11.1 Å². The first-order valence-electron chi connectivity index (χ1n) is 5.75. The summed E-state index contributed by atoms with van der Waals surface area (Å²) in [4.78, 5) is 15.3. The van der Waals surface area contributed by atoms with E-state index in [0.29, 0.717) is 19.8 Å². The summed E-state index contributed by atoms with van der Waals surface area (Å²) in [5.41, 5.74) is 5.38. The van der Waals surface area contributed by atoms with Gasteiger partial charge in [-0.3, -0.25) is 4.79 Å². The number of amides is 1. The van der Waals surface area contributed by atoms with Crippen LogP contribution in [0.25, 0.3) is 0 Å². The van der Waals surface area contributed by atoms with Crippen LogP contribution in [0.3, 0.4) is 0 Å². The van der Waals surface area contributed by atoms with Gasteiger partial charge >= 0.3 is 0 Å². The number of hydrogen-bond donors (Lipinski definition) is 1. The SMILES string of the molecule is CN(Cc1cc(Br)cs1)C(=O)C1(C)COCC1N. The fourth-order valence-corrected chi connectivity index (χ4v) is 3.59. The molecule has 0 radical (unpaired) electrons. The summed E-state index contributed by atoms with van der Waals surface area (Å²) in [6.45, 7) is 3.36. The van der Waals surface area contributed by atoms with Crippen LogP contribution in [-0.2, 0) is 16.1 Å². The molecule has 4 nitrogen and oxygen atoms in total.